The van der Waals surface area contributed by atoms with Crippen LogP contribution in [0.1, 0.15) is 63.0 Å². The first-order valence-corrected chi connectivity index (χ1v) is 12.4. The Kier molecular flexibility index (Phi) is 9.70. The monoisotopic (exact) mass is 480 g/mol. The number of fused-ring (bicyclic) bond motifs is 3. The molecule has 0 aliphatic heterocycles. The number of carbonyl (C=O) groups excluding carboxylic acids is 2. The zero-order valence-corrected chi connectivity index (χ0v) is 20.7. The average molecular weight is 481 g/mol. The van der Waals surface area contributed by atoms with E-state index in [0.717, 1.165) is 19.3 Å². The Hall–Kier alpha value is -3.35. The fourth-order valence-corrected chi connectivity index (χ4v) is 4.61. The molecule has 7 heteroatoms. The zero-order valence-electron chi connectivity index (χ0n) is 20.7. The van der Waals surface area contributed by atoms with Crippen LogP contribution in [-0.4, -0.2) is 54.2 Å². The van der Waals surface area contributed by atoms with Crippen LogP contribution in [0.4, 0.5) is 4.79 Å². The van der Waals surface area contributed by atoms with E-state index in [0.29, 0.717) is 32.5 Å². The lowest BCUT2D eigenvalue weighted by Gasteiger charge is -2.22. The highest BCUT2D eigenvalue weighted by atomic mass is 16.5. The number of alkyl carbamates (subject to hydrolysis) is 1. The molecule has 7 nitrogen and oxygen atoms in total. The van der Waals surface area contributed by atoms with E-state index in [1.807, 2.05) is 38.1 Å². The van der Waals surface area contributed by atoms with Crippen molar-refractivity contribution in [1.82, 2.24) is 10.2 Å². The van der Waals surface area contributed by atoms with Gasteiger partial charge in [-0.2, -0.15) is 0 Å². The van der Waals surface area contributed by atoms with Crippen LogP contribution in [-0.2, 0) is 14.3 Å². The van der Waals surface area contributed by atoms with Gasteiger partial charge in [-0.3, -0.25) is 9.59 Å². The molecule has 0 atom stereocenters. The molecular weight excluding hydrogens is 444 g/mol. The molecule has 0 bridgehead atoms. The Labute approximate surface area is 207 Å². The van der Waals surface area contributed by atoms with E-state index in [-0.39, 0.29) is 24.3 Å². The molecule has 35 heavy (non-hydrogen) atoms. The van der Waals surface area contributed by atoms with Crippen molar-refractivity contribution in [3.05, 3.63) is 59.7 Å². The zero-order chi connectivity index (χ0) is 25.2. The Morgan fingerprint density at radius 2 is 1.54 bits per heavy atom. The summed E-state index contributed by atoms with van der Waals surface area (Å²) in [6, 6.07) is 16.5. The lowest BCUT2D eigenvalue weighted by molar-refractivity contribution is -0.144. The van der Waals surface area contributed by atoms with Crippen molar-refractivity contribution in [3.8, 4) is 11.1 Å². The van der Waals surface area contributed by atoms with Gasteiger partial charge in [-0.15, -0.1) is 0 Å². The molecule has 0 heterocycles. The van der Waals surface area contributed by atoms with Crippen LogP contribution in [0.2, 0.25) is 0 Å². The highest BCUT2D eigenvalue weighted by Crippen LogP contribution is 2.44. The number of amides is 2. The number of hydrogen-bond donors (Lipinski definition) is 2. The lowest BCUT2D eigenvalue weighted by Crippen LogP contribution is -2.38. The molecule has 2 aromatic rings. The van der Waals surface area contributed by atoms with Crippen LogP contribution in [0.25, 0.3) is 11.1 Å². The van der Waals surface area contributed by atoms with E-state index in [9.17, 15) is 14.4 Å². The number of nitrogens with zero attached hydrogens (tertiary/aromatic N) is 1. The van der Waals surface area contributed by atoms with Crippen LogP contribution in [0, 0.1) is 5.92 Å². The van der Waals surface area contributed by atoms with E-state index >= 15 is 0 Å². The van der Waals surface area contributed by atoms with Gasteiger partial charge in [0.1, 0.15) is 13.2 Å². The van der Waals surface area contributed by atoms with Gasteiger partial charge in [-0.1, -0.05) is 75.2 Å². The number of carbonyl (C=O) groups is 3. The quantitative estimate of drug-likeness (QED) is 0.391. The van der Waals surface area contributed by atoms with Crippen molar-refractivity contribution >= 4 is 18.0 Å². The predicted octanol–water partition coefficient (Wildman–Crippen LogP) is 5.04. The van der Waals surface area contributed by atoms with E-state index in [4.69, 9.17) is 9.84 Å². The number of hydrogen-bond acceptors (Lipinski definition) is 4. The fraction of sp³-hybridized carbons (Fsp3) is 0.464. The van der Waals surface area contributed by atoms with E-state index in [2.05, 4.69) is 29.6 Å². The maximum Gasteiger partial charge on any atom is 0.407 e. The van der Waals surface area contributed by atoms with Crippen molar-refractivity contribution in [2.24, 2.45) is 5.92 Å². The molecule has 0 aromatic heterocycles. The highest BCUT2D eigenvalue weighted by molar-refractivity contribution is 5.81. The predicted molar refractivity (Wildman–Crippen MR) is 135 cm³/mol. The van der Waals surface area contributed by atoms with Crippen molar-refractivity contribution in [2.75, 3.05) is 26.2 Å². The number of ether oxygens (including phenoxy) is 1. The minimum Gasteiger partial charge on any atom is -0.480 e. The number of benzene rings is 2. The topological polar surface area (TPSA) is 95.9 Å². The van der Waals surface area contributed by atoms with Gasteiger partial charge < -0.3 is 20.1 Å². The van der Waals surface area contributed by atoms with Crippen LogP contribution in [0.15, 0.2) is 48.5 Å². The SMILES string of the molecule is CC(C)CN(CC(=O)O)C(=O)CCCCCCNC(=O)OCC1c2ccccc2-c2ccccc21. The maximum absolute atomic E-state index is 12.3. The summed E-state index contributed by atoms with van der Waals surface area (Å²) in [5.41, 5.74) is 4.77. The summed E-state index contributed by atoms with van der Waals surface area (Å²) >= 11 is 0. The molecule has 0 radical (unpaired) electrons. The molecule has 188 valence electrons. The van der Waals surface area contributed by atoms with Crippen molar-refractivity contribution in [1.29, 1.82) is 0 Å². The highest BCUT2D eigenvalue weighted by Gasteiger charge is 2.28. The smallest absolute Gasteiger partial charge is 0.407 e. The number of carboxylic acids is 1. The van der Waals surface area contributed by atoms with E-state index in [1.165, 1.54) is 27.2 Å². The fourth-order valence-electron chi connectivity index (χ4n) is 4.61. The van der Waals surface area contributed by atoms with Gasteiger partial charge in [0, 0.05) is 25.4 Å². The summed E-state index contributed by atoms with van der Waals surface area (Å²) in [6.07, 6.45) is 3.15. The largest absolute Gasteiger partial charge is 0.480 e. The van der Waals surface area contributed by atoms with Gasteiger partial charge in [0.25, 0.3) is 0 Å². The number of aliphatic carboxylic acids is 1. The molecule has 0 unspecified atom stereocenters. The first kappa shape index (κ1) is 26.3. The Balaban J connectivity index is 1.32. The lowest BCUT2D eigenvalue weighted by atomic mass is 9.98. The standard InChI is InChI=1S/C28H36N2O5/c1-20(2)17-30(18-27(32)33)26(31)15-5-3-4-10-16-29-28(34)35-19-25-23-13-8-6-11-21(23)22-12-7-9-14-24(22)25/h6-9,11-14,20,25H,3-5,10,15-19H2,1-2H3,(H,29,34)(H,32,33). The Bertz CT molecular complexity index is 974. The molecule has 0 saturated carbocycles. The molecule has 2 amide bonds. The summed E-state index contributed by atoms with van der Waals surface area (Å²) < 4.78 is 5.54. The van der Waals surface area contributed by atoms with Gasteiger partial charge in [0.05, 0.1) is 0 Å². The third kappa shape index (κ3) is 7.57. The summed E-state index contributed by atoms with van der Waals surface area (Å²) in [6.45, 7) is 4.95. The van der Waals surface area contributed by atoms with Crippen LogP contribution >= 0.6 is 0 Å². The molecule has 0 fully saturated rings. The van der Waals surface area contributed by atoms with Crippen molar-refractivity contribution < 1.29 is 24.2 Å². The molecule has 0 saturated heterocycles. The van der Waals surface area contributed by atoms with Gasteiger partial charge in [-0.25, -0.2) is 4.79 Å². The first-order valence-electron chi connectivity index (χ1n) is 12.4. The van der Waals surface area contributed by atoms with Gasteiger partial charge in [0.2, 0.25) is 5.91 Å². The van der Waals surface area contributed by atoms with Crippen LogP contribution in [0.3, 0.4) is 0 Å². The Morgan fingerprint density at radius 1 is 0.943 bits per heavy atom. The van der Waals surface area contributed by atoms with Crippen LogP contribution in [0.5, 0.6) is 0 Å². The molecule has 1 aliphatic carbocycles. The summed E-state index contributed by atoms with van der Waals surface area (Å²) in [5, 5.41) is 11.8. The van der Waals surface area contributed by atoms with Crippen molar-refractivity contribution in [3.63, 3.8) is 0 Å². The van der Waals surface area contributed by atoms with Gasteiger partial charge >= 0.3 is 12.1 Å². The van der Waals surface area contributed by atoms with Gasteiger partial charge in [0.15, 0.2) is 0 Å². The van der Waals surface area contributed by atoms with E-state index in [1.54, 1.807) is 0 Å². The molecule has 3 rings (SSSR count). The van der Waals surface area contributed by atoms with Crippen molar-refractivity contribution in [2.45, 2.75) is 51.9 Å². The molecule has 2 aromatic carbocycles. The third-order valence-corrected chi connectivity index (χ3v) is 6.19. The first-order chi connectivity index (χ1) is 16.9. The minimum absolute atomic E-state index is 0.0436. The number of carboxylic acid groups (broad SMARTS) is 1. The summed E-state index contributed by atoms with van der Waals surface area (Å²) in [4.78, 5) is 37.0. The normalized spacial score (nSPS) is 12.2. The molecular formula is C28H36N2O5. The van der Waals surface area contributed by atoms with Gasteiger partial charge in [-0.05, 0) is 41.0 Å². The molecule has 1 aliphatic rings. The second-order valence-electron chi connectivity index (χ2n) is 9.48. The second kappa shape index (κ2) is 12.9. The number of nitrogens with one attached hydrogen (secondary N) is 1. The van der Waals surface area contributed by atoms with Crippen LogP contribution < -0.4 is 5.32 Å². The second-order valence-corrected chi connectivity index (χ2v) is 9.48. The Morgan fingerprint density at radius 3 is 2.14 bits per heavy atom. The third-order valence-electron chi connectivity index (χ3n) is 6.19. The van der Waals surface area contributed by atoms with E-state index < -0.39 is 12.1 Å². The average Bonchev–Trinajstić information content (AvgIpc) is 3.14. The maximum atomic E-state index is 12.3. The number of rotatable bonds is 13. The number of unbranched alkanes of at least 4 members (excludes halogenated alkanes) is 3. The molecule has 2 N–H and O–H groups in total. The summed E-state index contributed by atoms with van der Waals surface area (Å²) in [7, 11) is 0. The molecule has 0 spiro atoms. The minimum atomic E-state index is -0.988. The summed E-state index contributed by atoms with van der Waals surface area (Å²) in [5.74, 6) is -0.833.